The number of hydrogen-bond donors (Lipinski definition) is 1. The van der Waals surface area contributed by atoms with Crippen molar-refractivity contribution in [1.29, 1.82) is 0 Å². The molecule has 0 amide bonds. The van der Waals surface area contributed by atoms with Crippen LogP contribution in [0.3, 0.4) is 0 Å². The number of nitrogens with zero attached hydrogens (tertiary/aromatic N) is 2. The van der Waals surface area contributed by atoms with Gasteiger partial charge in [-0.3, -0.25) is 4.68 Å². The lowest BCUT2D eigenvalue weighted by atomic mass is 10.1. The molecule has 2 rings (SSSR count). The SMILES string of the molecule is Cn1cc(CCOc2ccc(F)cc2CCN)cn1. The Balaban J connectivity index is 1.95. The first-order chi connectivity index (χ1) is 9.19. The van der Waals surface area contributed by atoms with E-state index in [1.807, 2.05) is 19.4 Å². The highest BCUT2D eigenvalue weighted by Crippen LogP contribution is 2.20. The average molecular weight is 263 g/mol. The molecule has 2 N–H and O–H groups in total. The van der Waals surface area contributed by atoms with E-state index >= 15 is 0 Å². The van der Waals surface area contributed by atoms with Gasteiger partial charge in [-0.25, -0.2) is 4.39 Å². The second kappa shape index (κ2) is 6.33. The Labute approximate surface area is 112 Å². The number of halogens is 1. The van der Waals surface area contributed by atoms with Crippen molar-refractivity contribution in [3.8, 4) is 5.75 Å². The first kappa shape index (κ1) is 13.5. The van der Waals surface area contributed by atoms with Crippen molar-refractivity contribution < 1.29 is 9.13 Å². The van der Waals surface area contributed by atoms with Crippen LogP contribution >= 0.6 is 0 Å². The van der Waals surface area contributed by atoms with Gasteiger partial charge in [-0.1, -0.05) is 0 Å². The maximum absolute atomic E-state index is 13.2. The van der Waals surface area contributed by atoms with E-state index in [1.54, 1.807) is 10.7 Å². The number of aryl methyl sites for hydroxylation is 1. The van der Waals surface area contributed by atoms with Gasteiger partial charge in [0.1, 0.15) is 11.6 Å². The number of hydrogen-bond acceptors (Lipinski definition) is 3. The van der Waals surface area contributed by atoms with E-state index in [0.29, 0.717) is 25.3 Å². The minimum absolute atomic E-state index is 0.261. The number of rotatable bonds is 6. The molecule has 1 aromatic heterocycles. The van der Waals surface area contributed by atoms with Gasteiger partial charge in [0.15, 0.2) is 0 Å². The van der Waals surface area contributed by atoms with Crippen molar-refractivity contribution in [1.82, 2.24) is 9.78 Å². The van der Waals surface area contributed by atoms with E-state index in [4.69, 9.17) is 10.5 Å². The van der Waals surface area contributed by atoms with Crippen LogP contribution in [0.15, 0.2) is 30.6 Å². The van der Waals surface area contributed by atoms with Crippen LogP contribution in [0.4, 0.5) is 4.39 Å². The van der Waals surface area contributed by atoms with Crippen LogP contribution in [0.1, 0.15) is 11.1 Å². The van der Waals surface area contributed by atoms with E-state index in [9.17, 15) is 4.39 Å². The molecule has 0 aliphatic carbocycles. The molecule has 2 aromatic rings. The zero-order valence-corrected chi connectivity index (χ0v) is 11.0. The molecule has 0 bridgehead atoms. The Hall–Kier alpha value is -1.88. The van der Waals surface area contributed by atoms with E-state index < -0.39 is 0 Å². The molecule has 0 saturated heterocycles. The predicted molar refractivity (Wildman–Crippen MR) is 71.6 cm³/mol. The monoisotopic (exact) mass is 263 g/mol. The van der Waals surface area contributed by atoms with Crippen LogP contribution in [0.5, 0.6) is 5.75 Å². The summed E-state index contributed by atoms with van der Waals surface area (Å²) in [7, 11) is 1.88. The summed E-state index contributed by atoms with van der Waals surface area (Å²) >= 11 is 0. The van der Waals surface area contributed by atoms with E-state index in [1.165, 1.54) is 12.1 Å². The summed E-state index contributed by atoms with van der Waals surface area (Å²) in [4.78, 5) is 0. The average Bonchev–Trinajstić information content (AvgIpc) is 2.78. The summed E-state index contributed by atoms with van der Waals surface area (Å²) in [5.41, 5.74) is 7.44. The molecular formula is C14H18FN3O. The van der Waals surface area contributed by atoms with Crippen molar-refractivity contribution in [2.45, 2.75) is 12.8 Å². The van der Waals surface area contributed by atoms with Crippen LogP contribution in [0.2, 0.25) is 0 Å². The molecule has 102 valence electrons. The van der Waals surface area contributed by atoms with E-state index in [0.717, 1.165) is 17.5 Å². The van der Waals surface area contributed by atoms with Crippen LogP contribution in [0.25, 0.3) is 0 Å². The maximum atomic E-state index is 13.2. The molecule has 0 radical (unpaired) electrons. The summed E-state index contributed by atoms with van der Waals surface area (Å²) in [6, 6.07) is 4.54. The number of nitrogens with two attached hydrogens (primary N) is 1. The van der Waals surface area contributed by atoms with Crippen LogP contribution in [-0.2, 0) is 19.9 Å². The summed E-state index contributed by atoms with van der Waals surface area (Å²) in [6.07, 6.45) is 5.15. The van der Waals surface area contributed by atoms with Gasteiger partial charge >= 0.3 is 0 Å². The fourth-order valence-electron chi connectivity index (χ4n) is 1.92. The summed E-state index contributed by atoms with van der Waals surface area (Å²) in [5.74, 6) is 0.443. The van der Waals surface area contributed by atoms with Crippen LogP contribution in [0, 0.1) is 5.82 Å². The molecule has 0 unspecified atom stereocenters. The smallest absolute Gasteiger partial charge is 0.123 e. The first-order valence-corrected chi connectivity index (χ1v) is 6.28. The second-order valence-corrected chi connectivity index (χ2v) is 4.41. The van der Waals surface area contributed by atoms with Gasteiger partial charge in [-0.2, -0.15) is 5.10 Å². The molecular weight excluding hydrogens is 245 g/mol. The highest BCUT2D eigenvalue weighted by molar-refractivity contribution is 5.34. The molecule has 0 atom stereocenters. The number of aromatic nitrogens is 2. The molecule has 0 fully saturated rings. The van der Waals surface area contributed by atoms with Gasteiger partial charge in [-0.15, -0.1) is 0 Å². The Morgan fingerprint density at radius 2 is 2.21 bits per heavy atom. The molecule has 0 spiro atoms. The van der Waals surface area contributed by atoms with Crippen molar-refractivity contribution in [2.24, 2.45) is 12.8 Å². The third-order valence-corrected chi connectivity index (χ3v) is 2.84. The van der Waals surface area contributed by atoms with Gasteiger partial charge < -0.3 is 10.5 Å². The highest BCUT2D eigenvalue weighted by atomic mass is 19.1. The van der Waals surface area contributed by atoms with Gasteiger partial charge in [0, 0.05) is 19.7 Å². The molecule has 5 heteroatoms. The standard InChI is InChI=1S/C14H18FN3O/c1-18-10-11(9-17-18)5-7-19-14-3-2-13(15)8-12(14)4-6-16/h2-3,8-10H,4-7,16H2,1H3. The second-order valence-electron chi connectivity index (χ2n) is 4.41. The zero-order chi connectivity index (χ0) is 13.7. The molecule has 1 aromatic carbocycles. The Bertz CT molecular complexity index is 539. The van der Waals surface area contributed by atoms with Crippen molar-refractivity contribution >= 4 is 0 Å². The lowest BCUT2D eigenvalue weighted by molar-refractivity contribution is 0.318. The Kier molecular flexibility index (Phi) is 4.52. The van der Waals surface area contributed by atoms with Gasteiger partial charge in [0.2, 0.25) is 0 Å². The van der Waals surface area contributed by atoms with E-state index in [2.05, 4.69) is 5.10 Å². The zero-order valence-electron chi connectivity index (χ0n) is 11.0. The molecule has 0 aliphatic rings. The summed E-state index contributed by atoms with van der Waals surface area (Å²) < 4.78 is 20.6. The highest BCUT2D eigenvalue weighted by Gasteiger charge is 2.05. The quantitative estimate of drug-likeness (QED) is 0.862. The molecule has 0 aliphatic heterocycles. The van der Waals surface area contributed by atoms with Crippen molar-refractivity contribution in [2.75, 3.05) is 13.2 Å². The third-order valence-electron chi connectivity index (χ3n) is 2.84. The molecule has 19 heavy (non-hydrogen) atoms. The molecule has 4 nitrogen and oxygen atoms in total. The maximum Gasteiger partial charge on any atom is 0.123 e. The Morgan fingerprint density at radius 3 is 2.89 bits per heavy atom. The minimum atomic E-state index is -0.261. The Morgan fingerprint density at radius 1 is 1.37 bits per heavy atom. The fraction of sp³-hybridized carbons (Fsp3) is 0.357. The fourth-order valence-corrected chi connectivity index (χ4v) is 1.92. The first-order valence-electron chi connectivity index (χ1n) is 6.28. The summed E-state index contributed by atoms with van der Waals surface area (Å²) in [6.45, 7) is 1.01. The van der Waals surface area contributed by atoms with Gasteiger partial charge in [-0.05, 0) is 42.3 Å². The topological polar surface area (TPSA) is 53.1 Å². The molecule has 1 heterocycles. The third kappa shape index (κ3) is 3.79. The van der Waals surface area contributed by atoms with Crippen LogP contribution < -0.4 is 10.5 Å². The lowest BCUT2D eigenvalue weighted by Gasteiger charge is -2.10. The van der Waals surface area contributed by atoms with Gasteiger partial charge in [0.05, 0.1) is 12.8 Å². The predicted octanol–water partition coefficient (Wildman–Crippen LogP) is 1.68. The van der Waals surface area contributed by atoms with E-state index in [-0.39, 0.29) is 5.82 Å². The van der Waals surface area contributed by atoms with Crippen molar-refractivity contribution in [3.63, 3.8) is 0 Å². The molecule has 0 saturated carbocycles. The van der Waals surface area contributed by atoms with Gasteiger partial charge in [0.25, 0.3) is 0 Å². The largest absolute Gasteiger partial charge is 0.493 e. The lowest BCUT2D eigenvalue weighted by Crippen LogP contribution is -2.07. The number of ether oxygens (including phenoxy) is 1. The normalized spacial score (nSPS) is 10.7. The van der Waals surface area contributed by atoms with Crippen LogP contribution in [-0.4, -0.2) is 22.9 Å². The minimum Gasteiger partial charge on any atom is -0.493 e. The number of benzene rings is 1. The summed E-state index contributed by atoms with van der Waals surface area (Å²) in [5, 5.41) is 4.10. The van der Waals surface area contributed by atoms with Crippen molar-refractivity contribution in [3.05, 3.63) is 47.5 Å².